The molecule has 0 atom stereocenters. The van der Waals surface area contributed by atoms with Crippen molar-refractivity contribution in [3.8, 4) is 17.0 Å². The number of aromatic nitrogens is 4. The molecule has 0 radical (unpaired) electrons. The van der Waals surface area contributed by atoms with Crippen molar-refractivity contribution in [2.24, 2.45) is 7.05 Å². The van der Waals surface area contributed by atoms with Crippen LogP contribution in [0.1, 0.15) is 19.4 Å². The predicted molar refractivity (Wildman–Crippen MR) is 116 cm³/mol. The topological polar surface area (TPSA) is 104 Å². The van der Waals surface area contributed by atoms with Crippen LogP contribution in [0.4, 0.5) is 27.9 Å². The molecule has 1 saturated heterocycles. The van der Waals surface area contributed by atoms with Crippen molar-refractivity contribution in [3.63, 3.8) is 0 Å². The Morgan fingerprint density at radius 3 is 2.37 bits per heavy atom. The number of aromatic hydroxyl groups is 1. The van der Waals surface area contributed by atoms with Crippen molar-refractivity contribution in [1.29, 1.82) is 0 Å². The van der Waals surface area contributed by atoms with E-state index in [2.05, 4.69) is 15.1 Å². The van der Waals surface area contributed by atoms with E-state index in [1.165, 1.54) is 22.2 Å². The van der Waals surface area contributed by atoms with Gasteiger partial charge >= 0.3 is 6.18 Å². The summed E-state index contributed by atoms with van der Waals surface area (Å²) < 4.78 is 94.9. The highest BCUT2D eigenvalue weighted by Crippen LogP contribution is 2.41. The fraction of sp³-hybridized carbons (Fsp3) is 0.450. The Morgan fingerprint density at radius 1 is 1.14 bits per heavy atom. The smallest absolute Gasteiger partial charge is 0.419 e. The SMILES string of the molecule is Cn1nc(-c2cc(C(F)(F)F)c(F)c(O)c2F)c2cnc(N3CCN(S(C)(=O)=O)C(C)(C)C3)nc21. The zero-order valence-electron chi connectivity index (χ0n) is 19.0. The normalized spacial score (nSPS) is 17.3. The molecule has 0 saturated carbocycles. The molecule has 1 aliphatic heterocycles. The van der Waals surface area contributed by atoms with Gasteiger partial charge in [-0.2, -0.15) is 27.6 Å². The highest BCUT2D eigenvalue weighted by Gasteiger charge is 2.40. The number of nitrogens with zero attached hydrogens (tertiary/aromatic N) is 6. The van der Waals surface area contributed by atoms with E-state index in [0.717, 1.165) is 6.26 Å². The first kappa shape index (κ1) is 25.0. The molecular formula is C20H21F5N6O3S. The number of aryl methyl sites for hydroxylation is 1. The zero-order chi connectivity index (χ0) is 26.1. The van der Waals surface area contributed by atoms with Gasteiger partial charge < -0.3 is 10.0 Å². The summed E-state index contributed by atoms with van der Waals surface area (Å²) >= 11 is 0. The summed E-state index contributed by atoms with van der Waals surface area (Å²) in [6.45, 7) is 4.23. The van der Waals surface area contributed by atoms with Crippen molar-refractivity contribution in [1.82, 2.24) is 24.1 Å². The van der Waals surface area contributed by atoms with Crippen LogP contribution in [-0.4, -0.2) is 69.0 Å². The first-order chi connectivity index (χ1) is 16.0. The summed E-state index contributed by atoms with van der Waals surface area (Å²) in [6, 6.07) is 0.243. The molecule has 9 nitrogen and oxygen atoms in total. The van der Waals surface area contributed by atoms with Crippen LogP contribution in [0.15, 0.2) is 12.3 Å². The van der Waals surface area contributed by atoms with Gasteiger partial charge in [0, 0.05) is 44.0 Å². The van der Waals surface area contributed by atoms with E-state index in [1.54, 1.807) is 18.7 Å². The lowest BCUT2D eigenvalue weighted by molar-refractivity contribution is -0.140. The Kier molecular flexibility index (Phi) is 5.71. The minimum absolute atomic E-state index is 0.0725. The summed E-state index contributed by atoms with van der Waals surface area (Å²) in [6.07, 6.45) is -2.82. The summed E-state index contributed by atoms with van der Waals surface area (Å²) in [5, 5.41) is 13.8. The van der Waals surface area contributed by atoms with E-state index in [4.69, 9.17) is 0 Å². The number of sulfonamides is 1. The van der Waals surface area contributed by atoms with Gasteiger partial charge in [-0.15, -0.1) is 0 Å². The van der Waals surface area contributed by atoms with Crippen LogP contribution >= 0.6 is 0 Å². The van der Waals surface area contributed by atoms with Crippen LogP contribution in [0.5, 0.6) is 5.75 Å². The van der Waals surface area contributed by atoms with Crippen LogP contribution in [0.3, 0.4) is 0 Å². The Hall–Kier alpha value is -3.07. The lowest BCUT2D eigenvalue weighted by atomic mass is 10.0. The Labute approximate surface area is 196 Å². The van der Waals surface area contributed by atoms with Gasteiger partial charge in [-0.05, 0) is 19.9 Å². The van der Waals surface area contributed by atoms with Gasteiger partial charge in [0.15, 0.2) is 23.0 Å². The molecule has 0 spiro atoms. The van der Waals surface area contributed by atoms with Gasteiger partial charge in [-0.3, -0.25) is 0 Å². The molecule has 0 amide bonds. The molecule has 2 aromatic heterocycles. The third-order valence-electron chi connectivity index (χ3n) is 5.81. The number of phenolic OH excluding ortho intramolecular Hbond substituents is 1. The van der Waals surface area contributed by atoms with Crippen molar-refractivity contribution in [2.45, 2.75) is 25.6 Å². The second-order valence-corrected chi connectivity index (χ2v) is 10.8. The molecule has 190 valence electrons. The monoisotopic (exact) mass is 520 g/mol. The molecule has 1 aromatic carbocycles. The van der Waals surface area contributed by atoms with Gasteiger partial charge in [-0.1, -0.05) is 0 Å². The Morgan fingerprint density at radius 2 is 1.80 bits per heavy atom. The second-order valence-electron chi connectivity index (χ2n) is 8.89. The summed E-state index contributed by atoms with van der Waals surface area (Å²) in [5.41, 5.74) is -3.54. The van der Waals surface area contributed by atoms with Crippen LogP contribution in [0, 0.1) is 11.6 Å². The molecule has 0 aliphatic carbocycles. The zero-order valence-corrected chi connectivity index (χ0v) is 19.8. The maximum absolute atomic E-state index is 14.6. The van der Waals surface area contributed by atoms with Crippen molar-refractivity contribution in [2.75, 3.05) is 30.8 Å². The lowest BCUT2D eigenvalue weighted by Crippen LogP contribution is -2.61. The quantitative estimate of drug-likeness (QED) is 0.530. The van der Waals surface area contributed by atoms with Gasteiger partial charge in [-0.25, -0.2) is 26.9 Å². The van der Waals surface area contributed by atoms with Crippen LogP contribution in [0.25, 0.3) is 22.3 Å². The molecule has 1 N–H and O–H groups in total. The molecule has 3 aromatic rings. The average Bonchev–Trinajstić information content (AvgIpc) is 3.05. The minimum atomic E-state index is -5.18. The molecule has 3 heterocycles. The second kappa shape index (κ2) is 7.98. The number of benzene rings is 1. The maximum Gasteiger partial charge on any atom is 0.419 e. The number of fused-ring (bicyclic) bond motifs is 1. The van der Waals surface area contributed by atoms with Crippen molar-refractivity contribution in [3.05, 3.63) is 29.5 Å². The number of hydrogen-bond acceptors (Lipinski definition) is 7. The molecule has 35 heavy (non-hydrogen) atoms. The average molecular weight is 520 g/mol. The number of anilines is 1. The predicted octanol–water partition coefficient (Wildman–Crippen LogP) is 2.89. The molecule has 0 bridgehead atoms. The third-order valence-corrected chi connectivity index (χ3v) is 7.29. The number of alkyl halides is 3. The molecule has 4 rings (SSSR count). The summed E-state index contributed by atoms with van der Waals surface area (Å²) in [7, 11) is -2.01. The largest absolute Gasteiger partial charge is 0.503 e. The highest BCUT2D eigenvalue weighted by molar-refractivity contribution is 7.88. The molecule has 15 heteroatoms. The van der Waals surface area contributed by atoms with E-state index in [-0.39, 0.29) is 48.4 Å². The van der Waals surface area contributed by atoms with Gasteiger partial charge in [0.25, 0.3) is 0 Å². The van der Waals surface area contributed by atoms with Crippen LogP contribution in [0.2, 0.25) is 0 Å². The standard InChI is InChI=1S/C20H21F5N6O3S/c1-19(2)9-30(5-6-31(19)35(4,33)34)18-26-8-11-15(28-29(3)17(11)27-18)10-7-12(20(23,24)25)14(22)16(32)13(10)21/h7-8,32H,5-6,9H2,1-4H3. The van der Waals surface area contributed by atoms with Crippen LogP contribution in [-0.2, 0) is 23.2 Å². The Balaban J connectivity index is 1.78. The van der Waals surface area contributed by atoms with E-state index in [1.807, 2.05) is 0 Å². The number of phenols is 1. The third kappa shape index (κ3) is 4.26. The van der Waals surface area contributed by atoms with E-state index < -0.39 is 50.2 Å². The lowest BCUT2D eigenvalue weighted by Gasteiger charge is -2.45. The number of halogens is 5. The first-order valence-corrected chi connectivity index (χ1v) is 12.1. The number of hydrogen-bond donors (Lipinski definition) is 1. The van der Waals surface area contributed by atoms with Gasteiger partial charge in [0.05, 0.1) is 17.2 Å². The summed E-state index contributed by atoms with van der Waals surface area (Å²) in [5.74, 6) is -5.27. The van der Waals surface area contributed by atoms with E-state index in [9.17, 15) is 35.5 Å². The number of piperazine rings is 1. The van der Waals surface area contributed by atoms with Crippen LogP contribution < -0.4 is 4.90 Å². The van der Waals surface area contributed by atoms with E-state index in [0.29, 0.717) is 0 Å². The Bertz CT molecular complexity index is 1440. The van der Waals surface area contributed by atoms with E-state index >= 15 is 0 Å². The molecular weight excluding hydrogens is 499 g/mol. The molecule has 1 aliphatic rings. The maximum atomic E-state index is 14.6. The van der Waals surface area contributed by atoms with Gasteiger partial charge in [0.1, 0.15) is 5.69 Å². The van der Waals surface area contributed by atoms with Crippen molar-refractivity contribution >= 4 is 27.0 Å². The molecule has 0 unspecified atom stereocenters. The highest BCUT2D eigenvalue weighted by atomic mass is 32.2. The fourth-order valence-corrected chi connectivity index (χ4v) is 5.67. The first-order valence-electron chi connectivity index (χ1n) is 10.2. The number of rotatable bonds is 3. The fourth-order valence-electron chi connectivity index (χ4n) is 4.31. The van der Waals surface area contributed by atoms with Gasteiger partial charge in [0.2, 0.25) is 16.0 Å². The molecule has 1 fully saturated rings. The minimum Gasteiger partial charge on any atom is -0.503 e. The van der Waals surface area contributed by atoms with Crippen molar-refractivity contribution < 1.29 is 35.5 Å². The summed E-state index contributed by atoms with van der Waals surface area (Å²) in [4.78, 5) is 10.4.